The highest BCUT2D eigenvalue weighted by Crippen LogP contribution is 2.23. The summed E-state index contributed by atoms with van der Waals surface area (Å²) in [6.07, 6.45) is 9.93. The standard InChI is InChI=1S/C26H27N3O2/c1-21-6-5-7-23(20-21)22-8-10-25(11-9-22)31-19-4-2-3-16-28-17-18-29(26(28)30)24-12-14-27-15-13-24/h5-15,17-18,20H,2-4,16,19H2,1H3. The fourth-order valence-electron chi connectivity index (χ4n) is 3.60. The van der Waals surface area contributed by atoms with E-state index in [1.165, 1.54) is 16.7 Å². The summed E-state index contributed by atoms with van der Waals surface area (Å²) in [5.41, 5.74) is 4.49. The maximum absolute atomic E-state index is 12.5. The van der Waals surface area contributed by atoms with Gasteiger partial charge in [-0.25, -0.2) is 4.79 Å². The Morgan fingerprint density at radius 2 is 1.68 bits per heavy atom. The first kappa shape index (κ1) is 20.7. The molecule has 0 atom stereocenters. The lowest BCUT2D eigenvalue weighted by molar-refractivity contribution is 0.303. The molecule has 0 bridgehead atoms. The Labute approximate surface area is 182 Å². The minimum absolute atomic E-state index is 0.0175. The normalized spacial score (nSPS) is 10.9. The van der Waals surface area contributed by atoms with Gasteiger partial charge in [0.2, 0.25) is 0 Å². The molecule has 2 heterocycles. The first-order valence-electron chi connectivity index (χ1n) is 10.7. The number of hydrogen-bond donors (Lipinski definition) is 0. The van der Waals surface area contributed by atoms with Crippen LogP contribution in [0.5, 0.6) is 5.75 Å². The molecule has 31 heavy (non-hydrogen) atoms. The van der Waals surface area contributed by atoms with Crippen molar-refractivity contribution >= 4 is 0 Å². The van der Waals surface area contributed by atoms with Gasteiger partial charge in [-0.1, -0.05) is 42.0 Å². The van der Waals surface area contributed by atoms with Crippen LogP contribution < -0.4 is 10.4 Å². The molecule has 0 fully saturated rings. The van der Waals surface area contributed by atoms with Gasteiger partial charge in [0, 0.05) is 31.3 Å². The summed E-state index contributed by atoms with van der Waals surface area (Å²) in [4.78, 5) is 16.5. The number of hydrogen-bond acceptors (Lipinski definition) is 3. The summed E-state index contributed by atoms with van der Waals surface area (Å²) in [6.45, 7) is 3.49. The average molecular weight is 414 g/mol. The molecular weight excluding hydrogens is 386 g/mol. The van der Waals surface area contributed by atoms with Crippen molar-refractivity contribution in [2.45, 2.75) is 32.7 Å². The lowest BCUT2D eigenvalue weighted by Gasteiger charge is -2.08. The second-order valence-corrected chi connectivity index (χ2v) is 7.65. The lowest BCUT2D eigenvalue weighted by Crippen LogP contribution is -2.23. The number of benzene rings is 2. The molecule has 0 spiro atoms. The number of unbranched alkanes of at least 4 members (excludes halogenated alkanes) is 2. The van der Waals surface area contributed by atoms with Crippen molar-refractivity contribution in [1.29, 1.82) is 0 Å². The molecule has 4 rings (SSSR count). The van der Waals surface area contributed by atoms with Gasteiger partial charge in [-0.3, -0.25) is 14.1 Å². The van der Waals surface area contributed by atoms with Crippen LogP contribution in [0.4, 0.5) is 0 Å². The quantitative estimate of drug-likeness (QED) is 0.352. The molecule has 0 aliphatic rings. The minimum Gasteiger partial charge on any atom is -0.494 e. The third-order valence-corrected chi connectivity index (χ3v) is 5.31. The van der Waals surface area contributed by atoms with Gasteiger partial charge in [-0.2, -0.15) is 0 Å². The van der Waals surface area contributed by atoms with Crippen molar-refractivity contribution in [2.75, 3.05) is 6.61 Å². The second-order valence-electron chi connectivity index (χ2n) is 7.65. The van der Waals surface area contributed by atoms with Gasteiger partial charge >= 0.3 is 5.69 Å². The monoisotopic (exact) mass is 413 g/mol. The number of rotatable bonds is 9. The molecular formula is C26H27N3O2. The smallest absolute Gasteiger partial charge is 0.332 e. The van der Waals surface area contributed by atoms with E-state index in [9.17, 15) is 4.79 Å². The number of ether oxygens (including phenoxy) is 1. The molecule has 0 aliphatic heterocycles. The summed E-state index contributed by atoms with van der Waals surface area (Å²) < 4.78 is 9.28. The Bertz CT molecular complexity index is 1160. The van der Waals surface area contributed by atoms with Crippen LogP contribution in [0.25, 0.3) is 16.8 Å². The van der Waals surface area contributed by atoms with E-state index >= 15 is 0 Å². The average Bonchev–Trinajstić information content (AvgIpc) is 3.17. The van der Waals surface area contributed by atoms with Gasteiger partial charge in [0.1, 0.15) is 5.75 Å². The highest BCUT2D eigenvalue weighted by atomic mass is 16.5. The van der Waals surface area contributed by atoms with Crippen LogP contribution >= 0.6 is 0 Å². The zero-order chi connectivity index (χ0) is 21.5. The third kappa shape index (κ3) is 5.31. The highest BCUT2D eigenvalue weighted by Gasteiger charge is 2.05. The van der Waals surface area contributed by atoms with Gasteiger partial charge in [0.25, 0.3) is 0 Å². The molecule has 2 aromatic heterocycles. The van der Waals surface area contributed by atoms with E-state index in [2.05, 4.69) is 48.3 Å². The van der Waals surface area contributed by atoms with Crippen LogP contribution in [-0.2, 0) is 6.54 Å². The van der Waals surface area contributed by atoms with E-state index in [0.717, 1.165) is 30.7 Å². The fraction of sp³-hybridized carbons (Fsp3) is 0.231. The number of aryl methyl sites for hydroxylation is 2. The van der Waals surface area contributed by atoms with Crippen molar-refractivity contribution in [3.8, 4) is 22.6 Å². The lowest BCUT2D eigenvalue weighted by atomic mass is 10.0. The van der Waals surface area contributed by atoms with Gasteiger partial charge < -0.3 is 4.74 Å². The van der Waals surface area contributed by atoms with Crippen molar-refractivity contribution < 1.29 is 4.74 Å². The summed E-state index contributed by atoms with van der Waals surface area (Å²) in [6, 6.07) is 20.4. The molecule has 0 amide bonds. The topological polar surface area (TPSA) is 49.0 Å². The molecule has 0 radical (unpaired) electrons. The van der Waals surface area contributed by atoms with Gasteiger partial charge in [-0.05, 0) is 61.6 Å². The number of imidazole rings is 1. The van der Waals surface area contributed by atoms with Crippen molar-refractivity contribution in [3.63, 3.8) is 0 Å². The number of nitrogens with zero attached hydrogens (tertiary/aromatic N) is 3. The summed E-state index contributed by atoms with van der Waals surface area (Å²) in [5, 5.41) is 0. The Hall–Kier alpha value is -3.60. The maximum Gasteiger partial charge on any atom is 0.332 e. The van der Waals surface area contributed by atoms with Crippen LogP contribution in [0.3, 0.4) is 0 Å². The highest BCUT2D eigenvalue weighted by molar-refractivity contribution is 5.64. The van der Waals surface area contributed by atoms with Crippen LogP contribution in [-0.4, -0.2) is 20.7 Å². The molecule has 5 nitrogen and oxygen atoms in total. The Morgan fingerprint density at radius 3 is 2.45 bits per heavy atom. The first-order valence-corrected chi connectivity index (χ1v) is 10.7. The molecule has 2 aromatic carbocycles. The summed E-state index contributed by atoms with van der Waals surface area (Å²) in [7, 11) is 0. The van der Waals surface area contributed by atoms with E-state index in [1.807, 2.05) is 30.5 Å². The molecule has 0 unspecified atom stereocenters. The van der Waals surface area contributed by atoms with E-state index in [-0.39, 0.29) is 5.69 Å². The van der Waals surface area contributed by atoms with Crippen molar-refractivity contribution in [2.24, 2.45) is 0 Å². The summed E-state index contributed by atoms with van der Waals surface area (Å²) in [5.74, 6) is 0.891. The van der Waals surface area contributed by atoms with Gasteiger partial charge in [0.15, 0.2) is 0 Å². The molecule has 0 aliphatic carbocycles. The van der Waals surface area contributed by atoms with Crippen LogP contribution in [0.1, 0.15) is 24.8 Å². The third-order valence-electron chi connectivity index (χ3n) is 5.31. The molecule has 0 saturated carbocycles. The van der Waals surface area contributed by atoms with E-state index < -0.39 is 0 Å². The van der Waals surface area contributed by atoms with Gasteiger partial charge in [-0.15, -0.1) is 0 Å². The predicted molar refractivity (Wildman–Crippen MR) is 124 cm³/mol. The zero-order valence-corrected chi connectivity index (χ0v) is 17.8. The molecule has 0 saturated heterocycles. The number of aromatic nitrogens is 3. The van der Waals surface area contributed by atoms with Crippen LogP contribution in [0, 0.1) is 6.92 Å². The van der Waals surface area contributed by atoms with Crippen LogP contribution in [0.2, 0.25) is 0 Å². The second kappa shape index (κ2) is 9.94. The largest absolute Gasteiger partial charge is 0.494 e. The summed E-state index contributed by atoms with van der Waals surface area (Å²) >= 11 is 0. The van der Waals surface area contributed by atoms with Gasteiger partial charge in [0.05, 0.1) is 12.3 Å². The Kier molecular flexibility index (Phi) is 6.62. The molecule has 0 N–H and O–H groups in total. The Balaban J connectivity index is 1.20. The van der Waals surface area contributed by atoms with E-state index in [4.69, 9.17) is 4.74 Å². The fourth-order valence-corrected chi connectivity index (χ4v) is 3.60. The van der Waals surface area contributed by atoms with E-state index in [1.54, 1.807) is 27.7 Å². The molecule has 158 valence electrons. The number of pyridine rings is 1. The van der Waals surface area contributed by atoms with Crippen molar-refractivity contribution in [1.82, 2.24) is 14.1 Å². The van der Waals surface area contributed by atoms with Crippen molar-refractivity contribution in [3.05, 3.63) is 101 Å². The Morgan fingerprint density at radius 1 is 0.871 bits per heavy atom. The molecule has 4 aromatic rings. The van der Waals surface area contributed by atoms with E-state index in [0.29, 0.717) is 13.2 Å². The first-order chi connectivity index (χ1) is 15.2. The predicted octanol–water partition coefficient (Wildman–Crippen LogP) is 5.26. The molecule has 5 heteroatoms. The zero-order valence-electron chi connectivity index (χ0n) is 17.8. The van der Waals surface area contributed by atoms with Crippen LogP contribution in [0.15, 0.2) is 90.2 Å². The minimum atomic E-state index is -0.0175. The maximum atomic E-state index is 12.5. The SMILES string of the molecule is Cc1cccc(-c2ccc(OCCCCCn3ccn(-c4ccncc4)c3=O)cc2)c1.